The van der Waals surface area contributed by atoms with Gasteiger partial charge in [-0.25, -0.2) is 0 Å². The van der Waals surface area contributed by atoms with Crippen molar-refractivity contribution in [3.05, 3.63) is 59.1 Å². The number of carboxylic acid groups (broad SMARTS) is 1. The van der Waals surface area contributed by atoms with Crippen molar-refractivity contribution in [1.82, 2.24) is 0 Å². The van der Waals surface area contributed by atoms with Gasteiger partial charge >= 0.3 is 0 Å². The molecule has 0 bridgehead atoms. The van der Waals surface area contributed by atoms with E-state index >= 15 is 0 Å². The Hall–Kier alpha value is -1.55. The van der Waals surface area contributed by atoms with Crippen LogP contribution in [0.2, 0.25) is 5.02 Å². The number of rotatable bonds is 5. The van der Waals surface area contributed by atoms with E-state index in [4.69, 9.17) is 23.2 Å². The van der Waals surface area contributed by atoms with Crippen LogP contribution in [-0.4, -0.2) is 19.1 Å². The van der Waals surface area contributed by atoms with Crippen LogP contribution >= 0.6 is 23.2 Å². The fourth-order valence-corrected chi connectivity index (χ4v) is 2.34. The van der Waals surface area contributed by atoms with Gasteiger partial charge in [0.1, 0.15) is 0 Å². The number of quaternary nitrogens is 1. The van der Waals surface area contributed by atoms with Gasteiger partial charge in [0, 0.05) is 10.6 Å². The summed E-state index contributed by atoms with van der Waals surface area (Å²) in [6, 6.07) is 14.3. The van der Waals surface area contributed by atoms with Crippen molar-refractivity contribution in [3.8, 4) is 11.1 Å². The van der Waals surface area contributed by atoms with Crippen molar-refractivity contribution in [3.63, 3.8) is 0 Å². The largest absolute Gasteiger partial charge is 0.548 e. The molecule has 0 saturated carbocycles. The monoisotopic (exact) mass is 353 g/mol. The van der Waals surface area contributed by atoms with E-state index in [9.17, 15) is 9.90 Å². The normalized spacial score (nSPS) is 11.3. The maximum atomic E-state index is 10.6. The molecule has 0 amide bonds. The number of carbonyl (C=O) groups excluding carboxylic acids is 1. The highest BCUT2D eigenvalue weighted by Gasteiger charge is 2.09. The minimum Gasteiger partial charge on any atom is -0.548 e. The first-order valence-corrected chi connectivity index (χ1v) is 8.34. The summed E-state index contributed by atoms with van der Waals surface area (Å²) >= 11 is 11.8. The van der Waals surface area contributed by atoms with Crippen LogP contribution in [0.25, 0.3) is 11.1 Å². The number of hydrogen-bond donors (Lipinski definition) is 1. The van der Waals surface area contributed by atoms with E-state index in [1.54, 1.807) is 30.3 Å². The SMILES string of the molecule is CC[NH2+]CC.O=C([O-])C(Cl)c1ccc(-c2ccccc2Cl)cc1. The maximum absolute atomic E-state index is 10.6. The molecule has 1 unspecified atom stereocenters. The van der Waals surface area contributed by atoms with Crippen LogP contribution in [-0.2, 0) is 4.79 Å². The van der Waals surface area contributed by atoms with Gasteiger partial charge in [-0.1, -0.05) is 54.1 Å². The molecule has 0 fully saturated rings. The van der Waals surface area contributed by atoms with E-state index in [1.807, 2.05) is 18.2 Å². The highest BCUT2D eigenvalue weighted by Crippen LogP contribution is 2.29. The average Bonchev–Trinajstić information content (AvgIpc) is 2.56. The Labute approximate surface area is 147 Å². The zero-order valence-corrected chi connectivity index (χ0v) is 14.8. The molecule has 0 aromatic heterocycles. The molecule has 0 aliphatic carbocycles. The molecule has 124 valence electrons. The highest BCUT2D eigenvalue weighted by atomic mass is 35.5. The lowest BCUT2D eigenvalue weighted by atomic mass is 10.0. The van der Waals surface area contributed by atoms with E-state index < -0.39 is 11.3 Å². The molecular formula is C18H21Cl2NO2. The number of alkyl halides is 1. The minimum atomic E-state index is -1.30. The number of benzene rings is 2. The van der Waals surface area contributed by atoms with Crippen LogP contribution in [0.15, 0.2) is 48.5 Å². The molecule has 0 radical (unpaired) electrons. The molecule has 5 heteroatoms. The lowest BCUT2D eigenvalue weighted by Gasteiger charge is -2.11. The summed E-state index contributed by atoms with van der Waals surface area (Å²) in [6.45, 7) is 6.75. The quantitative estimate of drug-likeness (QED) is 0.840. The lowest BCUT2D eigenvalue weighted by molar-refractivity contribution is -0.648. The van der Waals surface area contributed by atoms with Gasteiger partial charge in [-0.3, -0.25) is 0 Å². The van der Waals surface area contributed by atoms with Crippen LogP contribution in [0, 0.1) is 0 Å². The molecule has 2 rings (SSSR count). The Bertz CT molecular complexity index is 613. The van der Waals surface area contributed by atoms with Crippen LogP contribution in [0.3, 0.4) is 0 Å². The van der Waals surface area contributed by atoms with Crippen LogP contribution in [0.5, 0.6) is 0 Å². The second kappa shape index (κ2) is 10.3. The molecule has 23 heavy (non-hydrogen) atoms. The van der Waals surface area contributed by atoms with Gasteiger partial charge in [-0.2, -0.15) is 0 Å². The van der Waals surface area contributed by atoms with Crippen molar-refractivity contribution < 1.29 is 15.2 Å². The molecule has 0 heterocycles. The van der Waals surface area contributed by atoms with E-state index in [2.05, 4.69) is 19.2 Å². The first-order valence-electron chi connectivity index (χ1n) is 7.52. The van der Waals surface area contributed by atoms with Gasteiger partial charge in [0.2, 0.25) is 0 Å². The number of nitrogens with two attached hydrogens (primary N) is 1. The fourth-order valence-electron chi connectivity index (χ4n) is 1.95. The number of hydrogen-bond acceptors (Lipinski definition) is 2. The maximum Gasteiger partial charge on any atom is 0.0979 e. The van der Waals surface area contributed by atoms with Gasteiger partial charge in [0.15, 0.2) is 0 Å². The van der Waals surface area contributed by atoms with Crippen molar-refractivity contribution in [2.24, 2.45) is 0 Å². The van der Waals surface area contributed by atoms with Crippen molar-refractivity contribution in [1.29, 1.82) is 0 Å². The molecule has 3 nitrogen and oxygen atoms in total. The van der Waals surface area contributed by atoms with E-state index in [0.717, 1.165) is 11.1 Å². The first-order chi connectivity index (χ1) is 11.0. The summed E-state index contributed by atoms with van der Waals surface area (Å²) in [6.07, 6.45) is 0. The van der Waals surface area contributed by atoms with E-state index in [-0.39, 0.29) is 0 Å². The molecule has 1 atom stereocenters. The third-order valence-corrected chi connectivity index (χ3v) is 3.93. The number of carbonyl (C=O) groups is 1. The lowest BCUT2D eigenvalue weighted by Crippen LogP contribution is -2.82. The predicted molar refractivity (Wildman–Crippen MR) is 93.5 cm³/mol. The zero-order valence-electron chi connectivity index (χ0n) is 13.3. The predicted octanol–water partition coefficient (Wildman–Crippen LogP) is 2.63. The van der Waals surface area contributed by atoms with Crippen molar-refractivity contribution in [2.45, 2.75) is 19.2 Å². The van der Waals surface area contributed by atoms with Crippen LogP contribution in [0.4, 0.5) is 0 Å². The molecule has 2 aromatic carbocycles. The summed E-state index contributed by atoms with van der Waals surface area (Å²) in [7, 11) is 0. The molecule has 0 spiro atoms. The summed E-state index contributed by atoms with van der Waals surface area (Å²) < 4.78 is 0. The van der Waals surface area contributed by atoms with Gasteiger partial charge in [0.05, 0.1) is 24.4 Å². The van der Waals surface area contributed by atoms with Crippen molar-refractivity contribution >= 4 is 29.2 Å². The Morgan fingerprint density at radius 3 is 2.09 bits per heavy atom. The zero-order chi connectivity index (χ0) is 17.2. The fraction of sp³-hybridized carbons (Fsp3) is 0.278. The first kappa shape index (κ1) is 19.5. The Morgan fingerprint density at radius 2 is 1.65 bits per heavy atom. The number of halogens is 2. The van der Waals surface area contributed by atoms with Gasteiger partial charge < -0.3 is 15.2 Å². The summed E-state index contributed by atoms with van der Waals surface area (Å²) in [4.78, 5) is 10.6. The second-order valence-corrected chi connectivity index (χ2v) is 5.73. The smallest absolute Gasteiger partial charge is 0.0979 e. The third kappa shape index (κ3) is 6.22. The van der Waals surface area contributed by atoms with Crippen molar-refractivity contribution in [2.75, 3.05) is 13.1 Å². The number of carboxylic acids is 1. The molecule has 0 aliphatic heterocycles. The average molecular weight is 354 g/mol. The van der Waals surface area contributed by atoms with E-state index in [1.165, 1.54) is 13.1 Å². The molecular weight excluding hydrogens is 333 g/mol. The summed E-state index contributed by atoms with van der Waals surface area (Å²) in [5.41, 5.74) is 2.30. The molecule has 0 saturated heterocycles. The second-order valence-electron chi connectivity index (χ2n) is 4.89. The van der Waals surface area contributed by atoms with Gasteiger partial charge in [-0.15, -0.1) is 11.6 Å². The Balaban J connectivity index is 0.000000463. The Kier molecular flexibility index (Phi) is 8.70. The summed E-state index contributed by atoms with van der Waals surface area (Å²) in [5.74, 6) is -1.30. The topological polar surface area (TPSA) is 56.7 Å². The van der Waals surface area contributed by atoms with Crippen LogP contribution in [0.1, 0.15) is 24.8 Å². The molecule has 0 aliphatic rings. The van der Waals surface area contributed by atoms with Crippen LogP contribution < -0.4 is 10.4 Å². The highest BCUT2D eigenvalue weighted by molar-refractivity contribution is 6.33. The van der Waals surface area contributed by atoms with Gasteiger partial charge in [0.25, 0.3) is 0 Å². The molecule has 2 N–H and O–H groups in total. The van der Waals surface area contributed by atoms with Gasteiger partial charge in [-0.05, 0) is 31.0 Å². The standard InChI is InChI=1S/C14H10Cl2O2.C4H11N/c15-12-4-2-1-3-11(12)9-5-7-10(8-6-9)13(16)14(17)18;1-3-5-4-2/h1-8,13H,(H,17,18);5H,3-4H2,1-2H3. The molecule has 2 aromatic rings. The van der Waals surface area contributed by atoms with E-state index in [0.29, 0.717) is 10.6 Å². The Morgan fingerprint density at radius 1 is 1.09 bits per heavy atom. The third-order valence-electron chi connectivity index (χ3n) is 3.17. The summed E-state index contributed by atoms with van der Waals surface area (Å²) in [5, 5.41) is 12.4. The minimum absolute atomic E-state index is 0.493. The number of aliphatic carboxylic acids is 1.